The molecule has 0 spiro atoms. The first kappa shape index (κ1) is 87.8. The number of aliphatic hydroxyl groups excluding tert-OH is 5. The van der Waals surface area contributed by atoms with Crippen molar-refractivity contribution < 1.29 is 54.1 Å². The molecule has 0 aromatic carbocycles. The van der Waals surface area contributed by atoms with E-state index < -0.39 is 43.6 Å². The average Bonchev–Trinajstić information content (AvgIpc) is 3.69. The predicted molar refractivity (Wildman–Crippen MR) is 372 cm³/mol. The van der Waals surface area contributed by atoms with Gasteiger partial charge < -0.3 is 55.1 Å². The number of hydrogen-bond acceptors (Lipinski definition) is 16. The van der Waals surface area contributed by atoms with E-state index in [1.165, 1.54) is 244 Å². The Hall–Kier alpha value is -1.23. The normalized spacial score (nSPS) is 14.2. The van der Waals surface area contributed by atoms with Crippen molar-refractivity contribution in [3.05, 3.63) is 0 Å². The quantitative estimate of drug-likeness (QED) is 0.0200. The summed E-state index contributed by atoms with van der Waals surface area (Å²) in [6.07, 6.45) is 52.1. The van der Waals surface area contributed by atoms with Crippen LogP contribution >= 0.6 is 11.8 Å². The lowest BCUT2D eigenvalue weighted by Crippen LogP contribution is -2.60. The molecule has 11 N–H and O–H groups in total. The maximum absolute atomic E-state index is 12.4. The molecule has 2 amide bonds. The van der Waals surface area contributed by atoms with Crippen LogP contribution in [0.25, 0.3) is 0 Å². The standard InChI is InChI=1S/C71H146N6O11S/c1-5-8-11-14-17-20-23-26-28-31-34-37-40-43-46-52-86-59-64(88-53-47-44-41-38-35-32-29-27-24-21-18-15-12-9-6-2)61-89-62-66(76-67(80)48-45-42-39-36-33-30-25-22-19-16-13-10-7-3)71(84)77-65(58-78)70(83)74-50-49-72-69(82)60-87-56-55-85-54-51-73-68(81)57-75-63(4)79/h64-68,70-71,73-74,76-78,80-81,83-84H,5-62H2,1-4H3,(H,72,82)(H,75,79). The van der Waals surface area contributed by atoms with Crippen LogP contribution in [0.3, 0.4) is 0 Å². The maximum atomic E-state index is 12.4. The summed E-state index contributed by atoms with van der Waals surface area (Å²) >= 11 is 1.64. The van der Waals surface area contributed by atoms with Gasteiger partial charge in [-0.1, -0.05) is 278 Å². The van der Waals surface area contributed by atoms with Gasteiger partial charge in [0.05, 0.1) is 57.8 Å². The Bertz CT molecular complexity index is 1440. The van der Waals surface area contributed by atoms with Gasteiger partial charge in [-0.15, -0.1) is 0 Å². The third kappa shape index (κ3) is 65.2. The molecule has 18 heteroatoms. The molecule has 0 radical (unpaired) electrons. The molecule has 0 aliphatic rings. The molecule has 0 aromatic heterocycles. The van der Waals surface area contributed by atoms with Crippen molar-refractivity contribution in [1.82, 2.24) is 31.9 Å². The van der Waals surface area contributed by atoms with Gasteiger partial charge in [0.15, 0.2) is 0 Å². The third-order valence-corrected chi connectivity index (χ3v) is 18.0. The van der Waals surface area contributed by atoms with Crippen molar-refractivity contribution in [1.29, 1.82) is 0 Å². The van der Waals surface area contributed by atoms with Gasteiger partial charge in [-0.3, -0.25) is 30.9 Å². The first-order valence-electron chi connectivity index (χ1n) is 37.3. The third-order valence-electron chi connectivity index (χ3n) is 16.8. The molecule has 0 rings (SSSR count). The fourth-order valence-electron chi connectivity index (χ4n) is 11.1. The summed E-state index contributed by atoms with van der Waals surface area (Å²) in [5.74, 6) is 0.524. The van der Waals surface area contributed by atoms with E-state index in [0.717, 1.165) is 38.5 Å². The first-order valence-corrected chi connectivity index (χ1v) is 38.5. The lowest BCUT2D eigenvalue weighted by Gasteiger charge is -2.32. The van der Waals surface area contributed by atoms with Crippen molar-refractivity contribution in [2.24, 2.45) is 0 Å². The summed E-state index contributed by atoms with van der Waals surface area (Å²) in [4.78, 5) is 23.4. The molecule has 532 valence electrons. The Morgan fingerprint density at radius 3 is 1.30 bits per heavy atom. The lowest BCUT2D eigenvalue weighted by atomic mass is 10.0. The molecule has 7 atom stereocenters. The fourth-order valence-corrected chi connectivity index (χ4v) is 12.2. The Balaban J connectivity index is 5.34. The van der Waals surface area contributed by atoms with Gasteiger partial charge in [-0.25, -0.2) is 0 Å². The molecule has 7 unspecified atom stereocenters. The highest BCUT2D eigenvalue weighted by Gasteiger charge is 2.28. The van der Waals surface area contributed by atoms with E-state index in [4.69, 9.17) is 18.9 Å². The number of ether oxygens (including phenoxy) is 4. The lowest BCUT2D eigenvalue weighted by molar-refractivity contribution is -0.126. The summed E-state index contributed by atoms with van der Waals surface area (Å²) < 4.78 is 23.7. The van der Waals surface area contributed by atoms with Crippen molar-refractivity contribution in [2.45, 2.75) is 353 Å². The van der Waals surface area contributed by atoms with Crippen molar-refractivity contribution in [2.75, 3.05) is 90.5 Å². The zero-order valence-electron chi connectivity index (χ0n) is 58.1. The molecule has 0 aliphatic heterocycles. The van der Waals surface area contributed by atoms with Crippen LogP contribution in [0.15, 0.2) is 0 Å². The number of unbranched alkanes of at least 4 members (excludes halogenated alkanes) is 40. The summed E-state index contributed by atoms with van der Waals surface area (Å²) in [7, 11) is 0. The van der Waals surface area contributed by atoms with Gasteiger partial charge in [-0.05, 0) is 25.7 Å². The van der Waals surface area contributed by atoms with Crippen LogP contribution in [-0.4, -0.2) is 171 Å². The Kier molecular flexibility index (Phi) is 70.1. The largest absolute Gasteiger partial charge is 0.395 e. The summed E-state index contributed by atoms with van der Waals surface area (Å²) in [6, 6.07) is -1.57. The molecule has 0 aliphatic carbocycles. The number of thioether (sulfide) groups is 1. The monoisotopic (exact) mass is 1290 g/mol. The van der Waals surface area contributed by atoms with Gasteiger partial charge in [0.1, 0.15) is 31.5 Å². The Labute approximate surface area is 550 Å². The number of nitrogens with one attached hydrogen (secondary N) is 6. The van der Waals surface area contributed by atoms with Crippen molar-refractivity contribution in [3.8, 4) is 0 Å². The van der Waals surface area contributed by atoms with E-state index in [-0.39, 0.29) is 57.4 Å². The fraction of sp³-hybridized carbons (Fsp3) is 0.972. The minimum Gasteiger partial charge on any atom is -0.395 e. The van der Waals surface area contributed by atoms with Gasteiger partial charge in [-0.2, -0.15) is 11.8 Å². The van der Waals surface area contributed by atoms with Crippen LogP contribution in [0.5, 0.6) is 0 Å². The zero-order valence-corrected chi connectivity index (χ0v) is 59.0. The smallest absolute Gasteiger partial charge is 0.246 e. The molecule has 0 fully saturated rings. The number of amides is 2. The highest BCUT2D eigenvalue weighted by molar-refractivity contribution is 7.99. The van der Waals surface area contributed by atoms with Crippen LogP contribution < -0.4 is 31.9 Å². The topological polar surface area (TPSA) is 244 Å². The van der Waals surface area contributed by atoms with E-state index in [1.54, 1.807) is 11.8 Å². The van der Waals surface area contributed by atoms with E-state index in [1.807, 2.05) is 0 Å². The van der Waals surface area contributed by atoms with Crippen LogP contribution in [0.2, 0.25) is 0 Å². The summed E-state index contributed by atoms with van der Waals surface area (Å²) in [5, 5.41) is 71.7. The Morgan fingerprint density at radius 1 is 0.404 bits per heavy atom. The minimum absolute atomic E-state index is 0.0977. The first-order chi connectivity index (χ1) is 43.6. The molecule has 17 nitrogen and oxygen atoms in total. The zero-order chi connectivity index (χ0) is 65.0. The highest BCUT2D eigenvalue weighted by atomic mass is 32.2. The predicted octanol–water partition coefficient (Wildman–Crippen LogP) is 13.0. The van der Waals surface area contributed by atoms with Crippen molar-refractivity contribution >= 4 is 23.6 Å². The second-order valence-corrected chi connectivity index (χ2v) is 26.6. The molecule has 0 heterocycles. The second kappa shape index (κ2) is 71.1. The van der Waals surface area contributed by atoms with Crippen molar-refractivity contribution in [3.63, 3.8) is 0 Å². The SMILES string of the molecule is CCCCCCCCCCCCCCCCCOCC(CSCC(NC(O)CCCCCCCCCCCCCCC)C(O)NC(CO)C(O)NCCNC(=O)COCCOCCNC(O)CNC(C)=O)OCCCCCCCCCCCCCCCCC. The van der Waals surface area contributed by atoms with Crippen LogP contribution in [0.4, 0.5) is 0 Å². The number of aliphatic hydroxyl groups is 5. The molecular formula is C71H146N6O11S. The average molecular weight is 1290 g/mol. The highest BCUT2D eigenvalue weighted by Crippen LogP contribution is 2.19. The van der Waals surface area contributed by atoms with Gasteiger partial charge in [0, 0.05) is 51.3 Å². The van der Waals surface area contributed by atoms with Crippen LogP contribution in [-0.2, 0) is 28.5 Å². The molecule has 0 bridgehead atoms. The van der Waals surface area contributed by atoms with Gasteiger partial charge in [0.25, 0.3) is 0 Å². The van der Waals surface area contributed by atoms with E-state index in [9.17, 15) is 35.1 Å². The maximum Gasteiger partial charge on any atom is 0.246 e. The number of carbonyl (C=O) groups excluding carboxylic acids is 2. The molecular weight excluding hydrogens is 1140 g/mol. The van der Waals surface area contributed by atoms with E-state index >= 15 is 0 Å². The molecule has 89 heavy (non-hydrogen) atoms. The number of hydrogen-bond donors (Lipinski definition) is 11. The van der Waals surface area contributed by atoms with E-state index in [0.29, 0.717) is 50.9 Å². The summed E-state index contributed by atoms with van der Waals surface area (Å²) in [6.45, 7) is 11.0. The van der Waals surface area contributed by atoms with Gasteiger partial charge >= 0.3 is 0 Å². The van der Waals surface area contributed by atoms with Crippen LogP contribution in [0, 0.1) is 0 Å². The minimum atomic E-state index is -1.26. The van der Waals surface area contributed by atoms with Gasteiger partial charge in [0.2, 0.25) is 11.8 Å². The number of rotatable bonds is 75. The molecule has 0 saturated heterocycles. The number of carbonyl (C=O) groups is 2. The Morgan fingerprint density at radius 2 is 0.843 bits per heavy atom. The van der Waals surface area contributed by atoms with E-state index in [2.05, 4.69) is 52.7 Å². The van der Waals surface area contributed by atoms with Crippen LogP contribution in [0.1, 0.15) is 310 Å². The molecule has 0 aromatic rings. The second-order valence-electron chi connectivity index (χ2n) is 25.5. The summed E-state index contributed by atoms with van der Waals surface area (Å²) in [5.41, 5.74) is 0. The molecule has 0 saturated carbocycles.